The van der Waals surface area contributed by atoms with Crippen LogP contribution in [-0.4, -0.2) is 87.5 Å². The van der Waals surface area contributed by atoms with Crippen LogP contribution in [0.25, 0.3) is 0 Å². The minimum absolute atomic E-state index is 0.145. The molecule has 34 heavy (non-hydrogen) atoms. The number of piperidine rings is 1. The molecule has 2 saturated heterocycles. The first-order valence-electron chi connectivity index (χ1n) is 12.6. The highest BCUT2D eigenvalue weighted by atomic mass is 16.7. The normalized spacial score (nSPS) is 26.8. The number of carbonyl (C=O) groups excluding carboxylic acids is 3. The van der Waals surface area contributed by atoms with Crippen LogP contribution in [0.3, 0.4) is 0 Å². The molecule has 10 heteroatoms. The van der Waals surface area contributed by atoms with E-state index in [1.54, 1.807) is 20.5 Å². The Morgan fingerprint density at radius 3 is 2.50 bits per heavy atom. The summed E-state index contributed by atoms with van der Waals surface area (Å²) in [7, 11) is 0. The van der Waals surface area contributed by atoms with Gasteiger partial charge >= 0.3 is 0 Å². The van der Waals surface area contributed by atoms with Crippen LogP contribution in [0.5, 0.6) is 0 Å². The maximum Gasteiger partial charge on any atom is 0.274 e. The fraction of sp³-hybridized carbons (Fsp3) is 0.750. The molecule has 5 rings (SSSR count). The van der Waals surface area contributed by atoms with Gasteiger partial charge in [0, 0.05) is 44.6 Å². The Hall–Kier alpha value is -2.46. The first kappa shape index (κ1) is 23.3. The van der Waals surface area contributed by atoms with Crippen molar-refractivity contribution >= 4 is 17.7 Å². The van der Waals surface area contributed by atoms with Crippen molar-refractivity contribution in [3.8, 4) is 0 Å². The van der Waals surface area contributed by atoms with E-state index in [0.717, 1.165) is 32.1 Å². The van der Waals surface area contributed by atoms with E-state index in [0.29, 0.717) is 51.4 Å². The van der Waals surface area contributed by atoms with Gasteiger partial charge in [-0.15, -0.1) is 0 Å². The van der Waals surface area contributed by atoms with Crippen molar-refractivity contribution in [2.45, 2.75) is 82.7 Å². The van der Waals surface area contributed by atoms with E-state index < -0.39 is 11.3 Å². The summed E-state index contributed by atoms with van der Waals surface area (Å²) in [6.07, 6.45) is 6.15. The van der Waals surface area contributed by atoms with Gasteiger partial charge in [-0.2, -0.15) is 5.10 Å². The zero-order valence-electron chi connectivity index (χ0n) is 20.2. The second kappa shape index (κ2) is 8.96. The van der Waals surface area contributed by atoms with E-state index in [9.17, 15) is 14.4 Å². The second-order valence-corrected chi connectivity index (χ2v) is 10.2. The molecule has 0 bridgehead atoms. The minimum Gasteiger partial charge on any atom is -0.351 e. The summed E-state index contributed by atoms with van der Waals surface area (Å²) in [5.41, 5.74) is -0.452. The number of rotatable bonds is 5. The number of nitrogens with one attached hydrogen (secondary N) is 1. The lowest BCUT2D eigenvalue weighted by molar-refractivity contribution is -0.181. The van der Waals surface area contributed by atoms with Gasteiger partial charge in [-0.25, -0.2) is 0 Å². The van der Waals surface area contributed by atoms with Crippen molar-refractivity contribution in [2.24, 2.45) is 0 Å². The first-order valence-corrected chi connectivity index (χ1v) is 12.6. The fourth-order valence-electron chi connectivity index (χ4n) is 5.73. The molecule has 1 atom stereocenters. The molecule has 4 aliphatic rings. The minimum atomic E-state index is -1.05. The van der Waals surface area contributed by atoms with Gasteiger partial charge in [0.2, 0.25) is 5.91 Å². The van der Waals surface area contributed by atoms with Gasteiger partial charge in [-0.05, 0) is 26.2 Å². The number of nitrogens with zero attached hydrogens (tertiary/aromatic N) is 4. The summed E-state index contributed by atoms with van der Waals surface area (Å²) in [5.74, 6) is -1.17. The monoisotopic (exact) mass is 473 g/mol. The van der Waals surface area contributed by atoms with E-state index in [1.165, 1.54) is 0 Å². The standard InChI is InChI=1S/C24H35N5O5/c1-3-10-28-21(31)19-15-18(20(30)27-11-8-24(9-12-27)33-13-14-34-24)26-29(19)16-23(28,2)22(32)25-17-6-4-5-7-17/h15,17H,3-14,16H2,1-2H3,(H,25,32)/t23-/m0/s1. The molecule has 4 heterocycles. The summed E-state index contributed by atoms with van der Waals surface area (Å²) in [5, 5.41) is 7.67. The van der Waals surface area contributed by atoms with E-state index in [4.69, 9.17) is 9.47 Å². The molecule has 1 aromatic heterocycles. The zero-order valence-corrected chi connectivity index (χ0v) is 20.2. The summed E-state index contributed by atoms with van der Waals surface area (Å²) >= 11 is 0. The van der Waals surface area contributed by atoms with Gasteiger partial charge < -0.3 is 24.6 Å². The Morgan fingerprint density at radius 1 is 1.18 bits per heavy atom. The van der Waals surface area contributed by atoms with Crippen LogP contribution in [0.1, 0.15) is 79.8 Å². The first-order chi connectivity index (χ1) is 16.3. The summed E-state index contributed by atoms with van der Waals surface area (Å²) in [6, 6.07) is 1.74. The zero-order chi connectivity index (χ0) is 23.9. The van der Waals surface area contributed by atoms with Gasteiger partial charge in [0.25, 0.3) is 11.8 Å². The van der Waals surface area contributed by atoms with Crippen molar-refractivity contribution in [3.63, 3.8) is 0 Å². The quantitative estimate of drug-likeness (QED) is 0.696. The number of amides is 3. The summed E-state index contributed by atoms with van der Waals surface area (Å²) in [4.78, 5) is 43.5. The smallest absolute Gasteiger partial charge is 0.274 e. The molecule has 3 amide bonds. The molecule has 1 N–H and O–H groups in total. The highest BCUT2D eigenvalue weighted by Gasteiger charge is 2.48. The number of ether oxygens (including phenoxy) is 2. The van der Waals surface area contributed by atoms with E-state index in [2.05, 4.69) is 10.4 Å². The predicted molar refractivity (Wildman–Crippen MR) is 122 cm³/mol. The molecule has 10 nitrogen and oxygen atoms in total. The Balaban J connectivity index is 1.35. The Morgan fingerprint density at radius 2 is 1.85 bits per heavy atom. The maximum atomic E-state index is 13.5. The average Bonchev–Trinajstić information content (AvgIpc) is 3.59. The van der Waals surface area contributed by atoms with Gasteiger partial charge in [0.05, 0.1) is 19.8 Å². The molecule has 3 fully saturated rings. The van der Waals surface area contributed by atoms with Crippen molar-refractivity contribution < 1.29 is 23.9 Å². The molecular formula is C24H35N5O5. The van der Waals surface area contributed by atoms with Crippen LogP contribution < -0.4 is 5.32 Å². The Bertz CT molecular complexity index is 955. The van der Waals surface area contributed by atoms with Gasteiger partial charge in [-0.3, -0.25) is 19.1 Å². The SMILES string of the molecule is CCCN1C(=O)c2cc(C(=O)N3CCC4(CC3)OCCO4)nn2C[C@@]1(C)C(=O)NC1CCCC1. The lowest BCUT2D eigenvalue weighted by atomic mass is 9.94. The van der Waals surface area contributed by atoms with Gasteiger partial charge in [0.15, 0.2) is 11.5 Å². The molecule has 1 spiro atoms. The van der Waals surface area contributed by atoms with E-state index in [1.807, 2.05) is 13.8 Å². The molecule has 1 aromatic rings. The van der Waals surface area contributed by atoms with Crippen molar-refractivity contribution in [2.75, 3.05) is 32.8 Å². The third-order valence-electron chi connectivity index (χ3n) is 7.77. The predicted octanol–water partition coefficient (Wildman–Crippen LogP) is 1.55. The fourth-order valence-corrected chi connectivity index (χ4v) is 5.73. The number of hydrogen-bond acceptors (Lipinski definition) is 6. The van der Waals surface area contributed by atoms with Crippen LogP contribution in [0.15, 0.2) is 6.07 Å². The van der Waals surface area contributed by atoms with Crippen LogP contribution in [0.2, 0.25) is 0 Å². The van der Waals surface area contributed by atoms with Crippen LogP contribution >= 0.6 is 0 Å². The van der Waals surface area contributed by atoms with Gasteiger partial charge in [0.1, 0.15) is 11.2 Å². The topological polar surface area (TPSA) is 106 Å². The summed E-state index contributed by atoms with van der Waals surface area (Å²) < 4.78 is 13.1. The molecule has 1 saturated carbocycles. The number of fused-ring (bicyclic) bond motifs is 1. The Kier molecular flexibility index (Phi) is 6.14. The Labute approximate surface area is 199 Å². The average molecular weight is 474 g/mol. The molecule has 186 valence electrons. The van der Waals surface area contributed by atoms with Crippen LogP contribution in [0.4, 0.5) is 0 Å². The van der Waals surface area contributed by atoms with E-state index >= 15 is 0 Å². The summed E-state index contributed by atoms with van der Waals surface area (Å²) in [6.45, 7) is 6.70. The highest BCUT2D eigenvalue weighted by molar-refractivity contribution is 6.02. The molecule has 1 aliphatic carbocycles. The molecular weight excluding hydrogens is 438 g/mol. The molecule has 0 aromatic carbocycles. The molecule has 0 radical (unpaired) electrons. The number of likely N-dealkylation sites (tertiary alicyclic amines) is 1. The number of carbonyl (C=O) groups is 3. The van der Waals surface area contributed by atoms with E-state index in [-0.39, 0.29) is 36.0 Å². The van der Waals surface area contributed by atoms with Crippen LogP contribution in [-0.2, 0) is 20.8 Å². The highest BCUT2D eigenvalue weighted by Crippen LogP contribution is 2.33. The molecule has 3 aliphatic heterocycles. The van der Waals surface area contributed by atoms with Crippen molar-refractivity contribution in [3.05, 3.63) is 17.5 Å². The second-order valence-electron chi connectivity index (χ2n) is 10.2. The van der Waals surface area contributed by atoms with Gasteiger partial charge in [-0.1, -0.05) is 19.8 Å². The third kappa shape index (κ3) is 4.00. The largest absolute Gasteiger partial charge is 0.351 e. The number of hydrogen-bond donors (Lipinski definition) is 1. The third-order valence-corrected chi connectivity index (χ3v) is 7.77. The van der Waals surface area contributed by atoms with Crippen molar-refractivity contribution in [1.82, 2.24) is 24.9 Å². The van der Waals surface area contributed by atoms with Crippen LogP contribution in [0, 0.1) is 0 Å². The maximum absolute atomic E-state index is 13.5. The van der Waals surface area contributed by atoms with Crippen molar-refractivity contribution in [1.29, 1.82) is 0 Å². The lowest BCUT2D eigenvalue weighted by Gasteiger charge is -2.43. The molecule has 0 unspecified atom stereocenters. The number of aromatic nitrogens is 2. The lowest BCUT2D eigenvalue weighted by Crippen LogP contribution is -2.65.